The molecular weight excluding hydrogens is 360 g/mol. The van der Waals surface area contributed by atoms with Gasteiger partial charge in [0.1, 0.15) is 5.75 Å². The summed E-state index contributed by atoms with van der Waals surface area (Å²) in [5.41, 5.74) is 9.97. The van der Waals surface area contributed by atoms with E-state index in [2.05, 4.69) is 51.8 Å². The Labute approximate surface area is 161 Å². The standard InChI is InChI=1S/C21H17ClN4O/c1-3-13-15(10-17-23-25-26-24-17)20-14-8-9-16(27-2)21(20)18(19(13)14)11-4-6-12(22)7-5-11/h4-9H,3,10H2,1-2H3,(H,23,24,25,26). The Hall–Kier alpha value is -2.92. The number of allylic oxidation sites excluding steroid dienone is 3. The molecule has 0 aliphatic heterocycles. The van der Waals surface area contributed by atoms with Crippen molar-refractivity contribution in [1.82, 2.24) is 20.6 Å². The third-order valence-corrected chi connectivity index (χ3v) is 5.59. The highest BCUT2D eigenvalue weighted by Crippen LogP contribution is 2.59. The molecule has 0 saturated carbocycles. The van der Waals surface area contributed by atoms with Crippen LogP contribution in [0.1, 0.15) is 41.4 Å². The lowest BCUT2D eigenvalue weighted by molar-refractivity contribution is 0.413. The number of tetrazole rings is 1. The number of hydrogen-bond donors (Lipinski definition) is 1. The van der Waals surface area contributed by atoms with E-state index in [-0.39, 0.29) is 0 Å². The van der Waals surface area contributed by atoms with Crippen LogP contribution in [0.3, 0.4) is 0 Å². The van der Waals surface area contributed by atoms with Gasteiger partial charge in [0.2, 0.25) is 0 Å². The maximum Gasteiger partial charge on any atom is 0.178 e. The maximum absolute atomic E-state index is 6.12. The normalized spacial score (nSPS) is 14.5. The third-order valence-electron chi connectivity index (χ3n) is 5.33. The number of methoxy groups -OCH3 is 1. The smallest absolute Gasteiger partial charge is 0.178 e. The minimum Gasteiger partial charge on any atom is -0.496 e. The second-order valence-electron chi connectivity index (χ2n) is 6.64. The Morgan fingerprint density at radius 2 is 1.81 bits per heavy atom. The summed E-state index contributed by atoms with van der Waals surface area (Å²) in [6, 6.07) is 12.2. The second-order valence-corrected chi connectivity index (χ2v) is 7.07. The van der Waals surface area contributed by atoms with Crippen LogP contribution in [0.2, 0.25) is 5.02 Å². The van der Waals surface area contributed by atoms with Gasteiger partial charge < -0.3 is 4.74 Å². The Morgan fingerprint density at radius 1 is 1.00 bits per heavy atom. The monoisotopic (exact) mass is 376 g/mol. The van der Waals surface area contributed by atoms with Gasteiger partial charge in [0, 0.05) is 22.6 Å². The van der Waals surface area contributed by atoms with Crippen molar-refractivity contribution in [2.45, 2.75) is 19.8 Å². The van der Waals surface area contributed by atoms with Gasteiger partial charge >= 0.3 is 0 Å². The number of aromatic nitrogens is 4. The van der Waals surface area contributed by atoms with Crippen LogP contribution >= 0.6 is 11.6 Å². The Bertz CT molecular complexity index is 1110. The van der Waals surface area contributed by atoms with Gasteiger partial charge in [-0.2, -0.15) is 5.21 Å². The Kier molecular flexibility index (Phi) is 3.65. The summed E-state index contributed by atoms with van der Waals surface area (Å²) in [4.78, 5) is 0. The molecule has 0 radical (unpaired) electrons. The molecule has 4 bridgehead atoms. The topological polar surface area (TPSA) is 63.7 Å². The van der Waals surface area contributed by atoms with Gasteiger partial charge in [0.25, 0.3) is 0 Å². The molecule has 5 rings (SSSR count). The second kappa shape index (κ2) is 6.06. The molecule has 2 aromatic carbocycles. The summed E-state index contributed by atoms with van der Waals surface area (Å²) in [6.45, 7) is 2.19. The summed E-state index contributed by atoms with van der Waals surface area (Å²) in [5.74, 6) is 1.58. The number of halogens is 1. The summed E-state index contributed by atoms with van der Waals surface area (Å²) in [6.07, 6.45) is 1.60. The molecule has 134 valence electrons. The molecule has 1 N–H and O–H groups in total. The number of hydrogen-bond acceptors (Lipinski definition) is 4. The van der Waals surface area contributed by atoms with Crippen molar-refractivity contribution in [3.63, 3.8) is 0 Å². The van der Waals surface area contributed by atoms with Crippen molar-refractivity contribution >= 4 is 28.3 Å². The van der Waals surface area contributed by atoms with Crippen molar-refractivity contribution in [2.24, 2.45) is 0 Å². The van der Waals surface area contributed by atoms with E-state index in [1.807, 2.05) is 12.1 Å². The molecule has 2 aliphatic carbocycles. The fourth-order valence-corrected chi connectivity index (χ4v) is 4.43. The molecule has 5 nitrogen and oxygen atoms in total. The molecular formula is C21H17ClN4O. The lowest BCUT2D eigenvalue weighted by Gasteiger charge is -2.20. The number of ether oxygens (including phenoxy) is 1. The number of benzene rings is 2. The van der Waals surface area contributed by atoms with E-state index in [1.54, 1.807) is 7.11 Å². The molecule has 0 unspecified atom stereocenters. The van der Waals surface area contributed by atoms with Crippen LogP contribution in [0.25, 0.3) is 16.7 Å². The maximum atomic E-state index is 6.12. The van der Waals surface area contributed by atoms with E-state index in [0.717, 1.165) is 28.3 Å². The molecule has 27 heavy (non-hydrogen) atoms. The van der Waals surface area contributed by atoms with Crippen molar-refractivity contribution in [2.75, 3.05) is 7.11 Å². The average Bonchev–Trinajstić information content (AvgIpc) is 3.35. The number of aromatic amines is 1. The Morgan fingerprint density at radius 3 is 2.48 bits per heavy atom. The zero-order valence-electron chi connectivity index (χ0n) is 15.0. The van der Waals surface area contributed by atoms with Crippen molar-refractivity contribution < 1.29 is 4.74 Å². The van der Waals surface area contributed by atoms with E-state index in [4.69, 9.17) is 16.3 Å². The molecule has 0 amide bonds. The average molecular weight is 377 g/mol. The first kappa shape index (κ1) is 16.3. The first-order valence-corrected chi connectivity index (χ1v) is 9.27. The van der Waals surface area contributed by atoms with Crippen LogP contribution < -0.4 is 4.74 Å². The summed E-state index contributed by atoms with van der Waals surface area (Å²) in [5, 5.41) is 15.3. The first-order chi connectivity index (χ1) is 13.2. The van der Waals surface area contributed by atoms with E-state index < -0.39 is 0 Å². The lowest BCUT2D eigenvalue weighted by Crippen LogP contribution is -2.03. The van der Waals surface area contributed by atoms with Crippen LogP contribution in [0.4, 0.5) is 0 Å². The third kappa shape index (κ3) is 2.28. The van der Waals surface area contributed by atoms with Gasteiger partial charge in [-0.3, -0.25) is 0 Å². The molecule has 6 heteroatoms. The van der Waals surface area contributed by atoms with E-state index in [1.165, 1.54) is 33.4 Å². The quantitative estimate of drug-likeness (QED) is 0.709. The van der Waals surface area contributed by atoms with Crippen LogP contribution in [0, 0.1) is 0 Å². The van der Waals surface area contributed by atoms with Gasteiger partial charge in [-0.25, -0.2) is 0 Å². The summed E-state index contributed by atoms with van der Waals surface area (Å²) < 4.78 is 5.73. The molecule has 3 aromatic rings. The fourth-order valence-electron chi connectivity index (χ4n) is 4.30. The zero-order chi connectivity index (χ0) is 18.5. The van der Waals surface area contributed by atoms with Gasteiger partial charge in [-0.05, 0) is 58.0 Å². The first-order valence-electron chi connectivity index (χ1n) is 8.90. The zero-order valence-corrected chi connectivity index (χ0v) is 15.8. The molecule has 2 aliphatic rings. The van der Waals surface area contributed by atoms with Crippen molar-refractivity contribution in [1.29, 1.82) is 0 Å². The molecule has 1 heterocycles. The Balaban J connectivity index is 1.77. The molecule has 0 spiro atoms. The number of H-pyrrole nitrogens is 1. The van der Waals surface area contributed by atoms with Crippen molar-refractivity contribution in [3.05, 3.63) is 75.1 Å². The fraction of sp³-hybridized carbons (Fsp3) is 0.190. The summed E-state index contributed by atoms with van der Waals surface area (Å²) in [7, 11) is 1.72. The van der Waals surface area contributed by atoms with Gasteiger partial charge in [0.05, 0.1) is 7.11 Å². The van der Waals surface area contributed by atoms with Crippen LogP contribution in [0.5, 0.6) is 5.75 Å². The van der Waals surface area contributed by atoms with Gasteiger partial charge in [0.15, 0.2) is 5.82 Å². The highest BCUT2D eigenvalue weighted by molar-refractivity contribution is 6.30. The predicted molar refractivity (Wildman–Crippen MR) is 105 cm³/mol. The van der Waals surface area contributed by atoms with E-state index in [0.29, 0.717) is 12.2 Å². The van der Waals surface area contributed by atoms with Crippen LogP contribution in [-0.2, 0) is 6.42 Å². The highest BCUT2D eigenvalue weighted by atomic mass is 35.5. The molecule has 0 fully saturated rings. The molecule has 1 aromatic heterocycles. The SMILES string of the molecule is CCC1=C(Cc2nn[nH]n2)c2c3ccc(OC)c2C(c2ccc(Cl)cc2)=C13. The minimum atomic E-state index is 0.657. The predicted octanol–water partition coefficient (Wildman–Crippen LogP) is 4.55. The van der Waals surface area contributed by atoms with E-state index in [9.17, 15) is 0 Å². The number of rotatable bonds is 5. The highest BCUT2D eigenvalue weighted by Gasteiger charge is 2.39. The van der Waals surface area contributed by atoms with Gasteiger partial charge in [-0.15, -0.1) is 10.2 Å². The largest absolute Gasteiger partial charge is 0.496 e. The van der Waals surface area contributed by atoms with Crippen LogP contribution in [0.15, 0.2) is 42.0 Å². The molecule has 0 atom stereocenters. The minimum absolute atomic E-state index is 0.657. The van der Waals surface area contributed by atoms with Gasteiger partial charge in [-0.1, -0.05) is 41.9 Å². The van der Waals surface area contributed by atoms with E-state index >= 15 is 0 Å². The lowest BCUT2D eigenvalue weighted by atomic mass is 9.85. The summed E-state index contributed by atoms with van der Waals surface area (Å²) >= 11 is 6.12. The molecule has 0 saturated heterocycles. The van der Waals surface area contributed by atoms with Crippen molar-refractivity contribution in [3.8, 4) is 5.75 Å². The number of nitrogens with zero attached hydrogens (tertiary/aromatic N) is 3. The number of nitrogens with one attached hydrogen (secondary N) is 1. The van der Waals surface area contributed by atoms with Crippen LogP contribution in [-0.4, -0.2) is 27.7 Å².